The summed E-state index contributed by atoms with van der Waals surface area (Å²) in [6.45, 7) is 3.04. The lowest BCUT2D eigenvalue weighted by atomic mass is 10.2. The van der Waals surface area contributed by atoms with Crippen LogP contribution in [0.15, 0.2) is 12.3 Å². The van der Waals surface area contributed by atoms with E-state index in [0.717, 1.165) is 0 Å². The molecular formula is C14H20N6O2. The van der Waals surface area contributed by atoms with Crippen LogP contribution in [0.4, 0.5) is 5.95 Å². The molecule has 0 saturated carbocycles. The first-order valence-electron chi connectivity index (χ1n) is 7.17. The number of fused-ring (bicyclic) bond motifs is 1. The Labute approximate surface area is 128 Å². The number of pyridine rings is 1. The molecule has 0 fully saturated rings. The van der Waals surface area contributed by atoms with Crippen molar-refractivity contribution in [2.75, 3.05) is 19.3 Å². The number of carbonyl (C=O) groups is 2. The summed E-state index contributed by atoms with van der Waals surface area (Å²) in [5.41, 5.74) is 7.49. The Morgan fingerprint density at radius 3 is 2.86 bits per heavy atom. The van der Waals surface area contributed by atoms with E-state index in [2.05, 4.69) is 20.6 Å². The number of nitrogens with zero attached hydrogens (tertiary/aromatic N) is 3. The zero-order valence-electron chi connectivity index (χ0n) is 12.7. The maximum Gasteiger partial charge on any atom is 0.252 e. The Morgan fingerprint density at radius 1 is 1.41 bits per heavy atom. The average molecular weight is 304 g/mol. The molecule has 0 spiro atoms. The molecule has 0 bridgehead atoms. The minimum absolute atomic E-state index is 0.0436. The van der Waals surface area contributed by atoms with Crippen LogP contribution in [0.1, 0.15) is 30.1 Å². The topological polar surface area (TPSA) is 115 Å². The summed E-state index contributed by atoms with van der Waals surface area (Å²) in [5, 5.41) is 5.29. The molecule has 0 atom stereocenters. The molecule has 2 heterocycles. The zero-order valence-corrected chi connectivity index (χ0v) is 12.7. The highest BCUT2D eigenvalue weighted by Gasteiger charge is 2.12. The van der Waals surface area contributed by atoms with E-state index in [1.807, 2.05) is 6.92 Å². The van der Waals surface area contributed by atoms with Gasteiger partial charge in [0.25, 0.3) is 5.91 Å². The van der Waals surface area contributed by atoms with Crippen molar-refractivity contribution >= 4 is 28.9 Å². The van der Waals surface area contributed by atoms with Crippen molar-refractivity contribution in [3.8, 4) is 0 Å². The molecule has 4 N–H and O–H groups in total. The van der Waals surface area contributed by atoms with Crippen molar-refractivity contribution < 1.29 is 9.59 Å². The predicted octanol–water partition coefficient (Wildman–Crippen LogP) is 0.289. The Balaban J connectivity index is 2.01. The third-order valence-electron chi connectivity index (χ3n) is 3.34. The molecule has 0 aliphatic rings. The quantitative estimate of drug-likeness (QED) is 0.663. The van der Waals surface area contributed by atoms with Gasteiger partial charge in [0.05, 0.1) is 5.56 Å². The first-order valence-corrected chi connectivity index (χ1v) is 7.17. The fourth-order valence-corrected chi connectivity index (χ4v) is 2.14. The minimum atomic E-state index is -0.240. The van der Waals surface area contributed by atoms with Gasteiger partial charge in [-0.05, 0) is 19.4 Å². The van der Waals surface area contributed by atoms with Crippen molar-refractivity contribution in [2.24, 2.45) is 0 Å². The van der Waals surface area contributed by atoms with E-state index in [4.69, 9.17) is 5.73 Å². The monoisotopic (exact) mass is 304 g/mol. The summed E-state index contributed by atoms with van der Waals surface area (Å²) < 4.78 is 1.78. The van der Waals surface area contributed by atoms with Crippen LogP contribution < -0.4 is 16.4 Å². The molecule has 2 aromatic rings. The maximum absolute atomic E-state index is 12.0. The van der Waals surface area contributed by atoms with E-state index in [1.165, 1.54) is 6.20 Å². The maximum atomic E-state index is 12.0. The van der Waals surface area contributed by atoms with Crippen LogP contribution in [0.3, 0.4) is 0 Å². The molecule has 0 unspecified atom stereocenters. The minimum Gasteiger partial charge on any atom is -0.369 e. The lowest BCUT2D eigenvalue weighted by molar-refractivity contribution is -0.120. The van der Waals surface area contributed by atoms with Crippen molar-refractivity contribution in [3.63, 3.8) is 0 Å². The van der Waals surface area contributed by atoms with Crippen LogP contribution in [0, 0.1) is 0 Å². The van der Waals surface area contributed by atoms with Crippen LogP contribution in [0.25, 0.3) is 11.2 Å². The molecule has 2 aromatic heterocycles. The predicted molar refractivity (Wildman–Crippen MR) is 83.2 cm³/mol. The molecule has 118 valence electrons. The number of nitrogen functional groups attached to an aromatic ring is 1. The SMILES string of the molecule is CCn1c(N)nc2cc(C(=O)NCCCC(=O)NC)cnc21. The number of hydrogen-bond donors (Lipinski definition) is 3. The zero-order chi connectivity index (χ0) is 16.1. The van der Waals surface area contributed by atoms with Crippen molar-refractivity contribution in [1.82, 2.24) is 25.2 Å². The number of nitrogens with one attached hydrogen (secondary N) is 2. The molecular weight excluding hydrogens is 284 g/mol. The summed E-state index contributed by atoms with van der Waals surface area (Å²) in [7, 11) is 1.59. The van der Waals surface area contributed by atoms with Gasteiger partial charge in [0.2, 0.25) is 11.9 Å². The largest absolute Gasteiger partial charge is 0.369 e. The van der Waals surface area contributed by atoms with E-state index < -0.39 is 0 Å². The number of imidazole rings is 1. The highest BCUT2D eigenvalue weighted by molar-refractivity contribution is 5.96. The Morgan fingerprint density at radius 2 is 2.18 bits per heavy atom. The third kappa shape index (κ3) is 3.33. The van der Waals surface area contributed by atoms with Crippen molar-refractivity contribution in [1.29, 1.82) is 0 Å². The average Bonchev–Trinajstić information content (AvgIpc) is 2.84. The number of carbonyl (C=O) groups excluding carboxylic acids is 2. The first-order chi connectivity index (χ1) is 10.6. The summed E-state index contributed by atoms with van der Waals surface area (Å²) in [6, 6.07) is 1.67. The van der Waals surface area contributed by atoms with Gasteiger partial charge in [0.15, 0.2) is 5.65 Å². The molecule has 8 nitrogen and oxygen atoms in total. The van der Waals surface area contributed by atoms with Gasteiger partial charge >= 0.3 is 0 Å². The number of aromatic nitrogens is 3. The molecule has 0 aliphatic carbocycles. The Kier molecular flexibility index (Phi) is 4.92. The number of nitrogens with two attached hydrogens (primary N) is 1. The highest BCUT2D eigenvalue weighted by Crippen LogP contribution is 2.16. The van der Waals surface area contributed by atoms with Gasteiger partial charge in [-0.25, -0.2) is 9.97 Å². The lowest BCUT2D eigenvalue weighted by Crippen LogP contribution is -2.26. The summed E-state index contributed by atoms with van der Waals surface area (Å²) in [5.74, 6) is 0.0991. The normalized spacial score (nSPS) is 10.6. The summed E-state index contributed by atoms with van der Waals surface area (Å²) in [6.07, 6.45) is 2.47. The number of hydrogen-bond acceptors (Lipinski definition) is 5. The van der Waals surface area contributed by atoms with E-state index >= 15 is 0 Å². The van der Waals surface area contributed by atoms with Crippen molar-refractivity contribution in [3.05, 3.63) is 17.8 Å². The number of aryl methyl sites for hydroxylation is 1. The third-order valence-corrected chi connectivity index (χ3v) is 3.34. The molecule has 0 saturated heterocycles. The molecule has 0 aliphatic heterocycles. The molecule has 0 radical (unpaired) electrons. The van der Waals surface area contributed by atoms with E-state index in [9.17, 15) is 9.59 Å². The van der Waals surface area contributed by atoms with Crippen LogP contribution in [0.5, 0.6) is 0 Å². The highest BCUT2D eigenvalue weighted by atomic mass is 16.2. The van der Waals surface area contributed by atoms with E-state index in [1.54, 1.807) is 17.7 Å². The lowest BCUT2D eigenvalue weighted by Gasteiger charge is -2.05. The van der Waals surface area contributed by atoms with Gasteiger partial charge in [-0.15, -0.1) is 0 Å². The van der Waals surface area contributed by atoms with Gasteiger partial charge in [-0.2, -0.15) is 0 Å². The van der Waals surface area contributed by atoms with E-state index in [0.29, 0.717) is 48.6 Å². The molecule has 8 heteroatoms. The first kappa shape index (κ1) is 15.7. The van der Waals surface area contributed by atoms with Gasteiger partial charge < -0.3 is 16.4 Å². The number of amides is 2. The molecule has 2 rings (SSSR count). The number of rotatable bonds is 6. The second-order valence-corrected chi connectivity index (χ2v) is 4.81. The second kappa shape index (κ2) is 6.88. The van der Waals surface area contributed by atoms with E-state index in [-0.39, 0.29) is 11.8 Å². The van der Waals surface area contributed by atoms with Gasteiger partial charge in [0, 0.05) is 32.8 Å². The number of anilines is 1. The van der Waals surface area contributed by atoms with Gasteiger partial charge in [0.1, 0.15) is 5.52 Å². The van der Waals surface area contributed by atoms with Crippen LogP contribution in [-0.4, -0.2) is 39.9 Å². The van der Waals surface area contributed by atoms with Crippen LogP contribution in [0.2, 0.25) is 0 Å². The fraction of sp³-hybridized carbons (Fsp3) is 0.429. The smallest absolute Gasteiger partial charge is 0.252 e. The molecule has 0 aromatic carbocycles. The molecule has 2 amide bonds. The summed E-state index contributed by atoms with van der Waals surface area (Å²) >= 11 is 0. The van der Waals surface area contributed by atoms with Gasteiger partial charge in [-0.1, -0.05) is 0 Å². The Bertz CT molecular complexity index is 694. The standard InChI is InChI=1S/C14H20N6O2/c1-3-20-12-10(19-14(20)15)7-9(8-18-12)13(22)17-6-4-5-11(21)16-2/h7-8H,3-6H2,1-2H3,(H2,15,19)(H,16,21)(H,17,22). The molecule has 22 heavy (non-hydrogen) atoms. The van der Waals surface area contributed by atoms with Crippen LogP contribution >= 0.6 is 0 Å². The van der Waals surface area contributed by atoms with Crippen molar-refractivity contribution in [2.45, 2.75) is 26.3 Å². The fourth-order valence-electron chi connectivity index (χ4n) is 2.14. The van der Waals surface area contributed by atoms with Gasteiger partial charge in [-0.3, -0.25) is 14.2 Å². The van der Waals surface area contributed by atoms with Crippen LogP contribution in [-0.2, 0) is 11.3 Å². The Hall–Kier alpha value is -2.64. The summed E-state index contributed by atoms with van der Waals surface area (Å²) in [4.78, 5) is 31.6. The second-order valence-electron chi connectivity index (χ2n) is 4.81.